The molecule has 172 valence electrons. The fourth-order valence-corrected chi connectivity index (χ4v) is 5.46. The highest BCUT2D eigenvalue weighted by atomic mass is 32.2. The normalized spacial score (nSPS) is 20.2. The number of aromatic nitrogens is 3. The molecule has 0 aliphatic carbocycles. The summed E-state index contributed by atoms with van der Waals surface area (Å²) in [5.41, 5.74) is 7.04. The van der Waals surface area contributed by atoms with Gasteiger partial charge >= 0.3 is 5.97 Å². The van der Waals surface area contributed by atoms with Gasteiger partial charge in [0.15, 0.2) is 29.8 Å². The van der Waals surface area contributed by atoms with E-state index < -0.39 is 29.2 Å². The average molecular weight is 491 g/mol. The molecule has 4 N–H and O–H groups in total. The summed E-state index contributed by atoms with van der Waals surface area (Å²) in [7, 11) is 1.28. The van der Waals surface area contributed by atoms with E-state index in [0.29, 0.717) is 17.9 Å². The van der Waals surface area contributed by atoms with E-state index in [4.69, 9.17) is 10.6 Å². The molecule has 0 spiro atoms. The largest absolute Gasteiger partial charge is 0.477 e. The quantitative estimate of drug-likeness (QED) is 0.201. The Hall–Kier alpha value is -3.52. The number of β-lactam (4-membered cyclic amide) rings is 1. The summed E-state index contributed by atoms with van der Waals surface area (Å²) in [6.45, 7) is 2.14. The first-order valence-corrected chi connectivity index (χ1v) is 11.6. The number of nitrogens with one attached hydrogen (secondary N) is 1. The third-order valence-corrected chi connectivity index (χ3v) is 6.97. The third-order valence-electron chi connectivity index (χ3n) is 4.96. The zero-order chi connectivity index (χ0) is 23.7. The minimum atomic E-state index is -1.20. The highest BCUT2D eigenvalue weighted by Gasteiger charge is 2.54. The van der Waals surface area contributed by atoms with E-state index in [0.717, 1.165) is 17.0 Å². The Kier molecular flexibility index (Phi) is 6.29. The van der Waals surface area contributed by atoms with Crippen LogP contribution in [-0.2, 0) is 25.8 Å². The van der Waals surface area contributed by atoms with Crippen LogP contribution in [0.4, 0.5) is 5.13 Å². The number of nitrogens with zero attached hydrogens (tertiary/aromatic N) is 5. The lowest BCUT2D eigenvalue weighted by Gasteiger charge is -2.49. The maximum atomic E-state index is 12.9. The van der Waals surface area contributed by atoms with Crippen molar-refractivity contribution >= 4 is 51.7 Å². The fourth-order valence-electron chi connectivity index (χ4n) is 3.58. The number of rotatable bonds is 7. The smallest absolute Gasteiger partial charge is 0.352 e. The van der Waals surface area contributed by atoms with E-state index in [1.54, 1.807) is 24.0 Å². The molecular weight excluding hydrogens is 470 g/mol. The zero-order valence-corrected chi connectivity index (χ0v) is 19.2. The van der Waals surface area contributed by atoms with Crippen molar-refractivity contribution in [3.8, 4) is 0 Å². The van der Waals surface area contributed by atoms with Gasteiger partial charge < -0.3 is 21.0 Å². The minimum absolute atomic E-state index is 0.0609. The maximum Gasteiger partial charge on any atom is 0.352 e. The molecule has 1 fully saturated rings. The highest BCUT2D eigenvalue weighted by Crippen LogP contribution is 2.40. The molecule has 14 heteroatoms. The molecule has 2 aromatic heterocycles. The van der Waals surface area contributed by atoms with Crippen LogP contribution in [0.2, 0.25) is 0 Å². The fraction of sp³-hybridized carbons (Fsp3) is 0.316. The number of fused-ring (bicyclic) bond motifs is 1. The number of nitrogen functional groups attached to an aromatic ring is 1. The summed E-state index contributed by atoms with van der Waals surface area (Å²) in [5, 5.41) is 17.4. The number of aryl methyl sites for hydroxylation is 1. The van der Waals surface area contributed by atoms with E-state index in [1.807, 2.05) is 11.5 Å². The van der Waals surface area contributed by atoms with Crippen molar-refractivity contribution in [2.24, 2.45) is 5.16 Å². The lowest BCUT2D eigenvalue weighted by molar-refractivity contribution is -0.689. The summed E-state index contributed by atoms with van der Waals surface area (Å²) in [6.07, 6.45) is 5.16. The molecule has 2 amide bonds. The van der Waals surface area contributed by atoms with E-state index in [1.165, 1.54) is 23.8 Å². The Morgan fingerprint density at radius 3 is 2.91 bits per heavy atom. The predicted molar refractivity (Wildman–Crippen MR) is 119 cm³/mol. The van der Waals surface area contributed by atoms with Gasteiger partial charge in [0.1, 0.15) is 35.6 Å². The number of anilines is 1. The second-order valence-corrected chi connectivity index (χ2v) is 9.18. The summed E-state index contributed by atoms with van der Waals surface area (Å²) in [6, 6.07) is -0.910. The molecular formula is C19H20N7O5S2+. The number of amides is 2. The highest BCUT2D eigenvalue weighted by molar-refractivity contribution is 8.00. The molecule has 2 atom stereocenters. The van der Waals surface area contributed by atoms with Crippen LogP contribution in [0.15, 0.2) is 40.4 Å². The number of carbonyl (C=O) groups is 3. The molecule has 0 radical (unpaired) electrons. The van der Waals surface area contributed by atoms with Crippen LogP contribution in [0.1, 0.15) is 11.4 Å². The summed E-state index contributed by atoms with van der Waals surface area (Å²) in [4.78, 5) is 51.9. The van der Waals surface area contributed by atoms with Crippen molar-refractivity contribution in [2.45, 2.75) is 24.9 Å². The Morgan fingerprint density at radius 1 is 1.48 bits per heavy atom. The van der Waals surface area contributed by atoms with Gasteiger partial charge in [-0.1, -0.05) is 5.16 Å². The van der Waals surface area contributed by atoms with E-state index in [-0.39, 0.29) is 22.2 Å². The number of oxime groups is 1. The van der Waals surface area contributed by atoms with Gasteiger partial charge in [0.05, 0.1) is 6.20 Å². The Labute approximate surface area is 196 Å². The molecule has 33 heavy (non-hydrogen) atoms. The summed E-state index contributed by atoms with van der Waals surface area (Å²) in [5.74, 6) is -1.99. The number of carbonyl (C=O) groups excluding carboxylic acids is 2. The van der Waals surface area contributed by atoms with Gasteiger partial charge in [0.2, 0.25) is 0 Å². The molecule has 2 aromatic rings. The van der Waals surface area contributed by atoms with E-state index in [2.05, 4.69) is 20.4 Å². The zero-order valence-electron chi connectivity index (χ0n) is 17.6. The standard InChI is InChI=1S/C19H19N7O5S2/c1-9-5-25(4-3-21-9)6-10-7-32-17-13(16(28)26(17)14(10)18(29)30)23-15(27)12(24-31-2)11-8-33-19(20)22-11/h3-5,8,13,17H,6-7H2,1-2H3,(H3-,20,22,23,27,29,30)/p+1/b24-12-/t13?,17-/m1/s1. The lowest BCUT2D eigenvalue weighted by atomic mass is 10.0. The number of carboxylic acids is 1. The molecule has 12 nitrogen and oxygen atoms in total. The van der Waals surface area contributed by atoms with Gasteiger partial charge in [-0.15, -0.1) is 23.1 Å². The first kappa shape index (κ1) is 22.7. The van der Waals surface area contributed by atoms with Crippen molar-refractivity contribution in [3.05, 3.63) is 46.6 Å². The minimum Gasteiger partial charge on any atom is -0.477 e. The maximum absolute atomic E-state index is 12.9. The van der Waals surface area contributed by atoms with Gasteiger partial charge in [-0.25, -0.2) is 14.8 Å². The van der Waals surface area contributed by atoms with Gasteiger partial charge in [-0.05, 0) is 6.92 Å². The lowest BCUT2D eigenvalue weighted by Crippen LogP contribution is -2.71. The van der Waals surface area contributed by atoms with Crippen LogP contribution in [-0.4, -0.2) is 67.7 Å². The Bertz CT molecular complexity index is 1190. The molecule has 2 aliphatic rings. The monoisotopic (exact) mass is 490 g/mol. The predicted octanol–water partition coefficient (Wildman–Crippen LogP) is -0.494. The SMILES string of the molecule is CO/N=C(\C(=O)NC1C(=O)N2C(C(=O)O)=C(C[n+]3ccnc(C)c3)CS[C@H]12)c1csc(N)n1. The van der Waals surface area contributed by atoms with Crippen LogP contribution in [0, 0.1) is 6.92 Å². The third kappa shape index (κ3) is 4.39. The topological polar surface area (TPSA) is 164 Å². The van der Waals surface area contributed by atoms with Crippen LogP contribution >= 0.6 is 23.1 Å². The Morgan fingerprint density at radius 2 is 2.27 bits per heavy atom. The van der Waals surface area contributed by atoms with Gasteiger partial charge in [-0.3, -0.25) is 14.5 Å². The van der Waals surface area contributed by atoms with Gasteiger partial charge in [0.25, 0.3) is 11.8 Å². The first-order valence-electron chi connectivity index (χ1n) is 9.65. The van der Waals surface area contributed by atoms with Crippen molar-refractivity contribution in [1.82, 2.24) is 20.2 Å². The van der Waals surface area contributed by atoms with Crippen molar-refractivity contribution in [1.29, 1.82) is 0 Å². The van der Waals surface area contributed by atoms with Gasteiger partial charge in [-0.2, -0.15) is 4.57 Å². The second-order valence-electron chi connectivity index (χ2n) is 7.18. The Balaban J connectivity index is 1.54. The van der Waals surface area contributed by atoms with E-state index in [9.17, 15) is 19.5 Å². The van der Waals surface area contributed by atoms with E-state index >= 15 is 0 Å². The van der Waals surface area contributed by atoms with Crippen LogP contribution in [0.3, 0.4) is 0 Å². The summed E-state index contributed by atoms with van der Waals surface area (Å²) >= 11 is 2.51. The van der Waals surface area contributed by atoms with Crippen molar-refractivity contribution < 1.29 is 28.9 Å². The molecule has 0 aromatic carbocycles. The molecule has 4 heterocycles. The number of nitrogens with two attached hydrogens (primary N) is 1. The van der Waals surface area contributed by atoms with Crippen LogP contribution < -0.4 is 15.6 Å². The number of hydrogen-bond donors (Lipinski definition) is 3. The number of carboxylic acid groups (broad SMARTS) is 1. The summed E-state index contributed by atoms with van der Waals surface area (Å²) < 4.78 is 1.82. The number of thioether (sulfide) groups is 1. The molecule has 4 rings (SSSR count). The molecule has 0 saturated carbocycles. The van der Waals surface area contributed by atoms with Gasteiger partial charge in [0, 0.05) is 16.7 Å². The average Bonchev–Trinajstić information content (AvgIpc) is 3.21. The van der Waals surface area contributed by atoms with Crippen molar-refractivity contribution in [2.75, 3.05) is 18.6 Å². The molecule has 2 aliphatic heterocycles. The molecule has 1 saturated heterocycles. The van der Waals surface area contributed by atoms with Crippen LogP contribution in [0.5, 0.6) is 0 Å². The van der Waals surface area contributed by atoms with Crippen molar-refractivity contribution in [3.63, 3.8) is 0 Å². The molecule has 1 unspecified atom stereocenters. The second kappa shape index (κ2) is 9.15. The number of hydrogen-bond acceptors (Lipinski definition) is 10. The number of aliphatic carboxylic acids is 1. The van der Waals surface area contributed by atoms with Crippen LogP contribution in [0.25, 0.3) is 0 Å². The molecule has 0 bridgehead atoms. The number of thiazole rings is 1. The first-order chi connectivity index (χ1) is 15.8.